The van der Waals surface area contributed by atoms with Crippen LogP contribution in [0.4, 0.5) is 0 Å². The number of aromatic nitrogens is 3. The molecular formula is C13H14ClN3O2. The van der Waals surface area contributed by atoms with Gasteiger partial charge in [0.2, 0.25) is 0 Å². The highest BCUT2D eigenvalue weighted by Gasteiger charge is 2.17. The monoisotopic (exact) mass is 279 g/mol. The summed E-state index contributed by atoms with van der Waals surface area (Å²) in [5.74, 6) is -0.460. The van der Waals surface area contributed by atoms with Crippen molar-refractivity contribution in [3.63, 3.8) is 0 Å². The van der Waals surface area contributed by atoms with E-state index in [-0.39, 0.29) is 5.69 Å². The number of carbonyl (C=O) groups is 1. The molecule has 0 saturated carbocycles. The van der Waals surface area contributed by atoms with E-state index in [1.165, 1.54) is 4.80 Å². The van der Waals surface area contributed by atoms with E-state index in [4.69, 9.17) is 16.3 Å². The minimum absolute atomic E-state index is 0.233. The van der Waals surface area contributed by atoms with Crippen LogP contribution in [0.2, 0.25) is 5.02 Å². The summed E-state index contributed by atoms with van der Waals surface area (Å²) in [4.78, 5) is 13.1. The number of ether oxygens (including phenoxy) is 1. The molecule has 0 aliphatic rings. The van der Waals surface area contributed by atoms with Crippen molar-refractivity contribution in [2.24, 2.45) is 0 Å². The summed E-state index contributed by atoms with van der Waals surface area (Å²) >= 11 is 5.91. The van der Waals surface area contributed by atoms with Gasteiger partial charge in [-0.15, -0.1) is 5.10 Å². The van der Waals surface area contributed by atoms with Crippen LogP contribution in [0.3, 0.4) is 0 Å². The predicted molar refractivity (Wildman–Crippen MR) is 71.8 cm³/mol. The van der Waals surface area contributed by atoms with Crippen molar-refractivity contribution >= 4 is 17.6 Å². The number of nitrogens with zero attached hydrogens (tertiary/aromatic N) is 3. The Morgan fingerprint density at radius 3 is 2.74 bits per heavy atom. The Kier molecular flexibility index (Phi) is 3.85. The summed E-state index contributed by atoms with van der Waals surface area (Å²) in [7, 11) is 0. The Morgan fingerprint density at radius 1 is 1.37 bits per heavy atom. The van der Waals surface area contributed by atoms with Crippen LogP contribution in [0.5, 0.6) is 0 Å². The zero-order valence-electron chi connectivity index (χ0n) is 11.0. The van der Waals surface area contributed by atoms with Gasteiger partial charge < -0.3 is 4.74 Å². The molecule has 19 heavy (non-hydrogen) atoms. The molecule has 0 bridgehead atoms. The Labute approximate surface area is 116 Å². The maximum atomic E-state index is 11.7. The predicted octanol–water partition coefficient (Wildman–Crippen LogP) is 2.71. The third-order valence-corrected chi connectivity index (χ3v) is 2.86. The van der Waals surface area contributed by atoms with Crippen LogP contribution < -0.4 is 0 Å². The van der Waals surface area contributed by atoms with E-state index >= 15 is 0 Å². The van der Waals surface area contributed by atoms with Crippen molar-refractivity contribution in [3.05, 3.63) is 40.2 Å². The van der Waals surface area contributed by atoms with E-state index in [0.29, 0.717) is 17.3 Å². The highest BCUT2D eigenvalue weighted by Crippen LogP contribution is 2.18. The summed E-state index contributed by atoms with van der Waals surface area (Å²) in [5, 5.41) is 9.06. The van der Waals surface area contributed by atoms with Crippen molar-refractivity contribution in [2.45, 2.75) is 20.8 Å². The van der Waals surface area contributed by atoms with E-state index in [9.17, 15) is 4.79 Å². The lowest BCUT2D eigenvalue weighted by molar-refractivity contribution is 0.0518. The van der Waals surface area contributed by atoms with Crippen LogP contribution in [-0.4, -0.2) is 27.6 Å². The first-order chi connectivity index (χ1) is 9.02. The summed E-state index contributed by atoms with van der Waals surface area (Å²) in [5.41, 5.74) is 2.48. The molecule has 0 radical (unpaired) electrons. The topological polar surface area (TPSA) is 57.0 Å². The highest BCUT2D eigenvalue weighted by molar-refractivity contribution is 6.30. The third-order valence-electron chi connectivity index (χ3n) is 2.63. The van der Waals surface area contributed by atoms with Crippen LogP contribution >= 0.6 is 11.6 Å². The van der Waals surface area contributed by atoms with Crippen molar-refractivity contribution in [3.8, 4) is 5.69 Å². The minimum atomic E-state index is -0.460. The quantitative estimate of drug-likeness (QED) is 0.811. The van der Waals surface area contributed by atoms with Crippen molar-refractivity contribution in [1.82, 2.24) is 15.0 Å². The van der Waals surface area contributed by atoms with Crippen LogP contribution in [0, 0.1) is 13.8 Å². The van der Waals surface area contributed by atoms with Gasteiger partial charge in [-0.05, 0) is 44.5 Å². The van der Waals surface area contributed by atoms with E-state index in [0.717, 1.165) is 11.3 Å². The second-order valence-electron chi connectivity index (χ2n) is 4.07. The van der Waals surface area contributed by atoms with Crippen LogP contribution in [0.1, 0.15) is 28.7 Å². The number of hydrogen-bond donors (Lipinski definition) is 0. The molecule has 1 aromatic heterocycles. The van der Waals surface area contributed by atoms with Gasteiger partial charge in [-0.1, -0.05) is 11.6 Å². The molecule has 2 aromatic rings. The molecule has 0 amide bonds. The van der Waals surface area contributed by atoms with Crippen LogP contribution in [0.25, 0.3) is 5.69 Å². The maximum absolute atomic E-state index is 11.7. The molecule has 6 heteroatoms. The molecular weight excluding hydrogens is 266 g/mol. The molecule has 0 atom stereocenters. The summed E-state index contributed by atoms with van der Waals surface area (Å²) in [6.45, 7) is 5.69. The van der Waals surface area contributed by atoms with Gasteiger partial charge in [-0.25, -0.2) is 4.79 Å². The number of esters is 1. The van der Waals surface area contributed by atoms with Gasteiger partial charge in [-0.3, -0.25) is 0 Å². The average molecular weight is 280 g/mol. The molecule has 0 saturated heterocycles. The lowest BCUT2D eigenvalue weighted by Gasteiger charge is -2.04. The van der Waals surface area contributed by atoms with Gasteiger partial charge in [0, 0.05) is 5.02 Å². The Bertz CT molecular complexity index is 622. The second kappa shape index (κ2) is 5.40. The number of halogens is 1. The Hall–Kier alpha value is -1.88. The van der Waals surface area contributed by atoms with Crippen molar-refractivity contribution in [2.75, 3.05) is 6.61 Å². The number of benzene rings is 1. The molecule has 0 N–H and O–H groups in total. The van der Waals surface area contributed by atoms with Gasteiger partial charge >= 0.3 is 5.97 Å². The lowest BCUT2D eigenvalue weighted by atomic mass is 10.2. The smallest absolute Gasteiger partial charge is 0.360 e. The molecule has 0 aliphatic heterocycles. The molecule has 1 heterocycles. The van der Waals surface area contributed by atoms with Gasteiger partial charge in [0.15, 0.2) is 5.69 Å². The van der Waals surface area contributed by atoms with Crippen LogP contribution in [0.15, 0.2) is 18.2 Å². The minimum Gasteiger partial charge on any atom is -0.461 e. The third kappa shape index (κ3) is 2.76. The zero-order chi connectivity index (χ0) is 14.0. The summed E-state index contributed by atoms with van der Waals surface area (Å²) in [6, 6.07) is 5.39. The number of hydrogen-bond acceptors (Lipinski definition) is 4. The molecule has 0 spiro atoms. The first-order valence-corrected chi connectivity index (χ1v) is 6.28. The Balaban J connectivity index is 2.42. The SMILES string of the molecule is CCOC(=O)c1nn(-c2ccc(Cl)cc2C)nc1C. The van der Waals surface area contributed by atoms with E-state index in [2.05, 4.69) is 10.2 Å². The molecule has 5 nitrogen and oxygen atoms in total. The average Bonchev–Trinajstić information content (AvgIpc) is 2.71. The Morgan fingerprint density at radius 2 is 2.11 bits per heavy atom. The van der Waals surface area contributed by atoms with E-state index in [1.54, 1.807) is 19.9 Å². The summed E-state index contributed by atoms with van der Waals surface area (Å²) in [6.07, 6.45) is 0. The molecule has 2 rings (SSSR count). The lowest BCUT2D eigenvalue weighted by Crippen LogP contribution is -2.08. The fourth-order valence-corrected chi connectivity index (χ4v) is 1.94. The second-order valence-corrected chi connectivity index (χ2v) is 4.51. The molecule has 0 unspecified atom stereocenters. The normalized spacial score (nSPS) is 10.5. The van der Waals surface area contributed by atoms with E-state index < -0.39 is 5.97 Å². The van der Waals surface area contributed by atoms with Crippen molar-refractivity contribution < 1.29 is 9.53 Å². The van der Waals surface area contributed by atoms with Gasteiger partial charge in [0.25, 0.3) is 0 Å². The summed E-state index contributed by atoms with van der Waals surface area (Å²) < 4.78 is 4.93. The van der Waals surface area contributed by atoms with Gasteiger partial charge in [-0.2, -0.15) is 9.90 Å². The fourth-order valence-electron chi connectivity index (χ4n) is 1.72. The number of rotatable bonds is 3. The van der Waals surface area contributed by atoms with Gasteiger partial charge in [0.05, 0.1) is 18.0 Å². The van der Waals surface area contributed by atoms with E-state index in [1.807, 2.05) is 19.1 Å². The molecule has 0 fully saturated rings. The highest BCUT2D eigenvalue weighted by atomic mass is 35.5. The maximum Gasteiger partial charge on any atom is 0.360 e. The number of aryl methyl sites for hydroxylation is 2. The van der Waals surface area contributed by atoms with Gasteiger partial charge in [0.1, 0.15) is 0 Å². The zero-order valence-corrected chi connectivity index (χ0v) is 11.7. The molecule has 1 aromatic carbocycles. The fraction of sp³-hybridized carbons (Fsp3) is 0.308. The first kappa shape index (κ1) is 13.5. The molecule has 0 aliphatic carbocycles. The van der Waals surface area contributed by atoms with Crippen molar-refractivity contribution in [1.29, 1.82) is 0 Å². The van der Waals surface area contributed by atoms with Crippen LogP contribution in [-0.2, 0) is 4.74 Å². The largest absolute Gasteiger partial charge is 0.461 e. The standard InChI is InChI=1S/C13H14ClN3O2/c1-4-19-13(18)12-9(3)15-17(16-12)11-6-5-10(14)7-8(11)2/h5-7H,4H2,1-3H3. The molecule has 100 valence electrons. The number of carbonyl (C=O) groups excluding carboxylic acids is 1. The first-order valence-electron chi connectivity index (χ1n) is 5.90.